The minimum Gasteiger partial charge on any atom is -0.357 e. The normalized spacial score (nSPS) is 13.2. The van der Waals surface area contributed by atoms with Crippen molar-refractivity contribution in [1.29, 1.82) is 0 Å². The number of hydrogen-bond acceptors (Lipinski definition) is 4. The molecule has 0 bridgehead atoms. The zero-order valence-electron chi connectivity index (χ0n) is 17.5. The summed E-state index contributed by atoms with van der Waals surface area (Å²) in [6, 6.07) is 15.8. The van der Waals surface area contributed by atoms with Crippen molar-refractivity contribution in [2.45, 2.75) is 12.8 Å². The number of carbonyl (C=O) groups is 1. The maximum Gasteiger partial charge on any atom is 0.270 e. The number of pyridine rings is 1. The second kappa shape index (κ2) is 9.21. The van der Waals surface area contributed by atoms with Crippen molar-refractivity contribution in [2.75, 3.05) is 13.1 Å². The van der Waals surface area contributed by atoms with Crippen molar-refractivity contribution in [3.63, 3.8) is 0 Å². The van der Waals surface area contributed by atoms with Gasteiger partial charge in [-0.2, -0.15) is 0 Å². The minimum atomic E-state index is -0.432. The smallest absolute Gasteiger partial charge is 0.270 e. The number of rotatable bonds is 4. The van der Waals surface area contributed by atoms with Crippen molar-refractivity contribution < 1.29 is 9.72 Å². The Labute approximate surface area is 201 Å². The van der Waals surface area contributed by atoms with Gasteiger partial charge in [-0.1, -0.05) is 41.9 Å². The monoisotopic (exact) mass is 482 g/mol. The Morgan fingerprint density at radius 1 is 1.06 bits per heavy atom. The predicted molar refractivity (Wildman–Crippen MR) is 131 cm³/mol. The fourth-order valence-electron chi connectivity index (χ4n) is 4.16. The highest BCUT2D eigenvalue weighted by molar-refractivity contribution is 6.37. The molecule has 7 nitrogen and oxygen atoms in total. The van der Waals surface area contributed by atoms with Gasteiger partial charge in [-0.3, -0.25) is 14.9 Å². The summed E-state index contributed by atoms with van der Waals surface area (Å²) in [5.41, 5.74) is 3.76. The van der Waals surface area contributed by atoms with E-state index in [0.717, 1.165) is 31.5 Å². The molecule has 5 rings (SSSR count). The molecular weight excluding hydrogens is 463 g/mol. The maximum atomic E-state index is 12.8. The number of amides is 1. The lowest BCUT2D eigenvalue weighted by Crippen LogP contribution is -2.27. The Morgan fingerprint density at radius 2 is 1.79 bits per heavy atom. The molecule has 2 aromatic carbocycles. The minimum absolute atomic E-state index is 0. The molecule has 0 saturated carbocycles. The molecule has 0 spiro atoms. The van der Waals surface area contributed by atoms with Crippen LogP contribution in [-0.2, 0) is 0 Å². The highest BCUT2D eigenvalue weighted by Gasteiger charge is 2.23. The molecule has 3 heterocycles. The summed E-state index contributed by atoms with van der Waals surface area (Å²) in [6.07, 6.45) is 3.76. The van der Waals surface area contributed by atoms with Gasteiger partial charge in [0.25, 0.3) is 11.6 Å². The van der Waals surface area contributed by atoms with Crippen molar-refractivity contribution in [1.82, 2.24) is 14.9 Å². The zero-order chi connectivity index (χ0) is 22.2. The molecule has 1 aliphatic heterocycles. The van der Waals surface area contributed by atoms with Crippen molar-refractivity contribution in [2.24, 2.45) is 0 Å². The molecular formula is C24H20Cl2N4O3. The van der Waals surface area contributed by atoms with Crippen LogP contribution < -0.4 is 0 Å². The third-order valence-electron chi connectivity index (χ3n) is 5.76. The van der Waals surface area contributed by atoms with E-state index in [1.54, 1.807) is 18.3 Å². The molecule has 4 aromatic rings. The van der Waals surface area contributed by atoms with Crippen LogP contribution in [0.3, 0.4) is 0 Å². The highest BCUT2D eigenvalue weighted by atomic mass is 35.5. The summed E-state index contributed by atoms with van der Waals surface area (Å²) in [6.45, 7) is 1.53. The van der Waals surface area contributed by atoms with E-state index in [1.807, 2.05) is 35.2 Å². The van der Waals surface area contributed by atoms with Gasteiger partial charge in [-0.25, -0.2) is 4.98 Å². The van der Waals surface area contributed by atoms with E-state index in [1.165, 1.54) is 12.1 Å². The van der Waals surface area contributed by atoms with Gasteiger partial charge >= 0.3 is 0 Å². The van der Waals surface area contributed by atoms with Crippen molar-refractivity contribution >= 4 is 46.5 Å². The molecule has 168 valence electrons. The van der Waals surface area contributed by atoms with Crippen LogP contribution >= 0.6 is 24.0 Å². The second-order valence-corrected chi connectivity index (χ2v) is 8.15. The summed E-state index contributed by atoms with van der Waals surface area (Å²) >= 11 is 6.86. The summed E-state index contributed by atoms with van der Waals surface area (Å²) in [4.78, 5) is 33.3. The number of benzene rings is 2. The molecule has 1 aliphatic rings. The van der Waals surface area contributed by atoms with Crippen LogP contribution in [0.1, 0.15) is 23.3 Å². The number of carbonyl (C=O) groups excluding carboxylic acids is 1. The molecule has 9 heteroatoms. The number of fused-ring (bicyclic) bond motifs is 1. The second-order valence-electron chi connectivity index (χ2n) is 7.78. The third-order valence-corrected chi connectivity index (χ3v) is 6.13. The molecule has 0 unspecified atom stereocenters. The third kappa shape index (κ3) is 4.17. The first-order valence-electron chi connectivity index (χ1n) is 10.3. The van der Waals surface area contributed by atoms with Gasteiger partial charge in [-0.05, 0) is 30.5 Å². The Hall–Kier alpha value is -3.42. The van der Waals surface area contributed by atoms with E-state index in [-0.39, 0.29) is 24.0 Å². The predicted octanol–water partition coefficient (Wildman–Crippen LogP) is 6.12. The van der Waals surface area contributed by atoms with Gasteiger partial charge in [0.2, 0.25) is 0 Å². The number of nitrogens with one attached hydrogen (secondary N) is 1. The molecule has 1 saturated heterocycles. The molecule has 0 atom stereocenters. The number of aromatic nitrogens is 2. The molecule has 0 radical (unpaired) electrons. The number of nitro groups is 1. The van der Waals surface area contributed by atoms with E-state index in [4.69, 9.17) is 16.6 Å². The summed E-state index contributed by atoms with van der Waals surface area (Å²) < 4.78 is 0. The fourth-order valence-corrected chi connectivity index (χ4v) is 4.53. The van der Waals surface area contributed by atoms with Crippen LogP contribution in [-0.4, -0.2) is 38.8 Å². The number of hydrogen-bond donors (Lipinski definition) is 1. The number of likely N-dealkylation sites (tertiary alicyclic amines) is 1. The van der Waals surface area contributed by atoms with E-state index in [9.17, 15) is 14.9 Å². The summed E-state index contributed by atoms with van der Waals surface area (Å²) in [5.74, 6) is -0.0374. The van der Waals surface area contributed by atoms with Crippen molar-refractivity contribution in [3.8, 4) is 22.4 Å². The lowest BCUT2D eigenvalue weighted by atomic mass is 9.98. The first-order chi connectivity index (χ1) is 15.5. The Bertz CT molecular complexity index is 1350. The molecule has 1 amide bonds. The number of nitrogens with zero attached hydrogens (tertiary/aromatic N) is 3. The Morgan fingerprint density at radius 3 is 2.48 bits per heavy atom. The van der Waals surface area contributed by atoms with Gasteiger partial charge in [0.1, 0.15) is 5.69 Å². The standard InChI is InChI=1S/C24H19ClN4O3.ClH/c25-22-21(15-6-2-1-3-7-15)18-13-17(29(31)32)8-9-19(18)27-23(22)16-12-20(26-14-16)24(30)28-10-4-5-11-28;/h1-3,6-9,12-14,26H,4-5,10-11H2;1H. The van der Waals surface area contributed by atoms with Crippen LogP contribution in [0.25, 0.3) is 33.3 Å². The van der Waals surface area contributed by atoms with E-state index in [0.29, 0.717) is 38.4 Å². The van der Waals surface area contributed by atoms with Gasteiger partial charge in [0.15, 0.2) is 0 Å². The number of non-ortho nitro benzene ring substituents is 1. The van der Waals surface area contributed by atoms with E-state index < -0.39 is 4.92 Å². The number of H-pyrrole nitrogens is 1. The van der Waals surface area contributed by atoms with Gasteiger partial charge in [-0.15, -0.1) is 12.4 Å². The van der Waals surface area contributed by atoms with Gasteiger partial charge in [0, 0.05) is 47.9 Å². The lowest BCUT2D eigenvalue weighted by molar-refractivity contribution is -0.384. The van der Waals surface area contributed by atoms with Crippen molar-refractivity contribution in [3.05, 3.63) is 81.6 Å². The first kappa shape index (κ1) is 22.8. The number of nitro benzene ring substituents is 1. The highest BCUT2D eigenvalue weighted by Crippen LogP contribution is 2.41. The van der Waals surface area contributed by atoms with E-state index >= 15 is 0 Å². The number of halogens is 2. The summed E-state index contributed by atoms with van der Waals surface area (Å²) in [5, 5.41) is 12.3. The van der Waals surface area contributed by atoms with Gasteiger partial charge < -0.3 is 9.88 Å². The molecule has 1 fully saturated rings. The Kier molecular flexibility index (Phi) is 6.35. The summed E-state index contributed by atoms with van der Waals surface area (Å²) in [7, 11) is 0. The first-order valence-corrected chi connectivity index (χ1v) is 10.7. The fraction of sp³-hybridized carbons (Fsp3) is 0.167. The lowest BCUT2D eigenvalue weighted by Gasteiger charge is -2.14. The topological polar surface area (TPSA) is 92.1 Å². The number of aromatic amines is 1. The van der Waals surface area contributed by atoms with Crippen LogP contribution in [0.2, 0.25) is 5.02 Å². The Balaban J connectivity index is 0.00000259. The van der Waals surface area contributed by atoms with Crippen LogP contribution in [0.4, 0.5) is 5.69 Å². The molecule has 1 N–H and O–H groups in total. The largest absolute Gasteiger partial charge is 0.357 e. The maximum absolute atomic E-state index is 12.8. The van der Waals surface area contributed by atoms with Gasteiger partial charge in [0.05, 0.1) is 21.2 Å². The average molecular weight is 483 g/mol. The van der Waals surface area contributed by atoms with E-state index in [2.05, 4.69) is 4.98 Å². The van der Waals surface area contributed by atoms with Crippen LogP contribution in [0, 0.1) is 10.1 Å². The average Bonchev–Trinajstić information content (AvgIpc) is 3.51. The molecule has 33 heavy (non-hydrogen) atoms. The SMILES string of the molecule is Cl.O=C(c1cc(-c2nc3ccc([N+](=O)[O-])cc3c(-c3ccccc3)c2Cl)c[nH]1)N1CCCC1. The zero-order valence-corrected chi connectivity index (χ0v) is 19.0. The quantitative estimate of drug-likeness (QED) is 0.280. The van der Waals surface area contributed by atoms with Crippen LogP contribution in [0.15, 0.2) is 60.8 Å². The molecule has 0 aliphatic carbocycles. The van der Waals surface area contributed by atoms with Crippen LogP contribution in [0.5, 0.6) is 0 Å². The molecule has 2 aromatic heterocycles.